The highest BCUT2D eigenvalue weighted by Gasteiger charge is 2.42. The molecule has 1 aromatic rings. The van der Waals surface area contributed by atoms with Crippen molar-refractivity contribution in [2.75, 3.05) is 33.9 Å². The summed E-state index contributed by atoms with van der Waals surface area (Å²) in [6.07, 6.45) is 2.82. The average molecular weight is 296 g/mol. The van der Waals surface area contributed by atoms with Gasteiger partial charge in [-0.2, -0.15) is 0 Å². The van der Waals surface area contributed by atoms with E-state index >= 15 is 0 Å². The van der Waals surface area contributed by atoms with E-state index in [1.165, 1.54) is 14.2 Å². The van der Waals surface area contributed by atoms with Gasteiger partial charge in [0.25, 0.3) is 0 Å². The summed E-state index contributed by atoms with van der Waals surface area (Å²) in [6.45, 7) is 2.52. The first-order chi connectivity index (χ1) is 10.2. The van der Waals surface area contributed by atoms with Crippen LogP contribution in [0, 0.1) is 0 Å². The highest BCUT2D eigenvalue weighted by Crippen LogP contribution is 2.35. The quantitative estimate of drug-likeness (QED) is 0.842. The van der Waals surface area contributed by atoms with Crippen molar-refractivity contribution in [3.8, 4) is 18.0 Å². The van der Waals surface area contributed by atoms with E-state index in [1.54, 1.807) is 0 Å². The highest BCUT2D eigenvalue weighted by atomic mass is 16.6. The highest BCUT2D eigenvalue weighted by molar-refractivity contribution is 5.09. The molecule has 2 fully saturated rings. The SMILES string of the molecule is COc1nc(OC)nc(OC2COC3(CCNCC3)C2)n1. The Morgan fingerprint density at radius 2 is 1.67 bits per heavy atom. The van der Waals surface area contributed by atoms with Crippen molar-refractivity contribution in [3.63, 3.8) is 0 Å². The maximum Gasteiger partial charge on any atom is 0.326 e. The molecule has 0 aromatic carbocycles. The Labute approximate surface area is 123 Å². The lowest BCUT2D eigenvalue weighted by Crippen LogP contribution is -2.41. The molecule has 1 N–H and O–H groups in total. The van der Waals surface area contributed by atoms with E-state index in [4.69, 9.17) is 18.9 Å². The maximum absolute atomic E-state index is 5.98. The van der Waals surface area contributed by atoms with E-state index in [9.17, 15) is 0 Å². The van der Waals surface area contributed by atoms with Gasteiger partial charge < -0.3 is 24.3 Å². The summed E-state index contributed by atoms with van der Waals surface area (Å²) < 4.78 is 21.8. The van der Waals surface area contributed by atoms with Gasteiger partial charge in [-0.05, 0) is 25.9 Å². The molecule has 2 saturated heterocycles. The minimum Gasteiger partial charge on any atom is -0.467 e. The number of nitrogens with one attached hydrogen (secondary N) is 1. The number of nitrogens with zero attached hydrogens (tertiary/aromatic N) is 3. The van der Waals surface area contributed by atoms with Crippen molar-refractivity contribution in [1.29, 1.82) is 0 Å². The molecule has 8 nitrogen and oxygen atoms in total. The fourth-order valence-corrected chi connectivity index (χ4v) is 2.81. The van der Waals surface area contributed by atoms with Gasteiger partial charge in [0, 0.05) is 6.42 Å². The van der Waals surface area contributed by atoms with Crippen LogP contribution in [0.15, 0.2) is 0 Å². The molecule has 1 spiro atoms. The van der Waals surface area contributed by atoms with E-state index < -0.39 is 0 Å². The summed E-state index contributed by atoms with van der Waals surface area (Å²) in [5.41, 5.74) is -0.0584. The average Bonchev–Trinajstić information content (AvgIpc) is 2.89. The summed E-state index contributed by atoms with van der Waals surface area (Å²) >= 11 is 0. The zero-order valence-corrected chi connectivity index (χ0v) is 12.3. The molecule has 2 aliphatic heterocycles. The van der Waals surface area contributed by atoms with E-state index in [0.717, 1.165) is 32.4 Å². The molecule has 2 aliphatic rings. The molecule has 21 heavy (non-hydrogen) atoms. The van der Waals surface area contributed by atoms with Crippen LogP contribution in [-0.2, 0) is 4.74 Å². The number of aromatic nitrogens is 3. The lowest BCUT2D eigenvalue weighted by molar-refractivity contribution is -0.0206. The van der Waals surface area contributed by atoms with Crippen LogP contribution in [0.5, 0.6) is 18.0 Å². The van der Waals surface area contributed by atoms with Crippen molar-refractivity contribution < 1.29 is 18.9 Å². The van der Waals surface area contributed by atoms with Gasteiger partial charge in [-0.3, -0.25) is 0 Å². The molecule has 3 heterocycles. The molecule has 0 radical (unpaired) electrons. The van der Waals surface area contributed by atoms with Crippen LogP contribution in [0.25, 0.3) is 0 Å². The van der Waals surface area contributed by atoms with Crippen LogP contribution in [-0.4, -0.2) is 60.6 Å². The number of rotatable bonds is 4. The Morgan fingerprint density at radius 1 is 1.05 bits per heavy atom. The molecular formula is C13H20N4O4. The fourth-order valence-electron chi connectivity index (χ4n) is 2.81. The fraction of sp³-hybridized carbons (Fsp3) is 0.769. The molecule has 1 atom stereocenters. The van der Waals surface area contributed by atoms with Gasteiger partial charge in [0.2, 0.25) is 0 Å². The van der Waals surface area contributed by atoms with Crippen molar-refractivity contribution >= 4 is 0 Å². The minimum atomic E-state index is -0.0584. The van der Waals surface area contributed by atoms with Gasteiger partial charge in [-0.1, -0.05) is 0 Å². The van der Waals surface area contributed by atoms with Crippen molar-refractivity contribution in [2.45, 2.75) is 31.0 Å². The third-order valence-electron chi connectivity index (χ3n) is 3.90. The third-order valence-corrected chi connectivity index (χ3v) is 3.90. The Bertz CT molecular complexity index is 471. The molecule has 3 rings (SSSR count). The topological polar surface area (TPSA) is 87.6 Å². The molecule has 0 bridgehead atoms. The molecule has 1 aromatic heterocycles. The van der Waals surface area contributed by atoms with Gasteiger partial charge in [-0.15, -0.1) is 15.0 Å². The number of ether oxygens (including phenoxy) is 4. The molecule has 0 aliphatic carbocycles. The predicted octanol–water partition coefficient (Wildman–Crippen LogP) is 0.179. The maximum atomic E-state index is 5.98. The van der Waals surface area contributed by atoms with Crippen molar-refractivity contribution in [2.24, 2.45) is 0 Å². The second-order valence-electron chi connectivity index (χ2n) is 5.28. The summed E-state index contributed by atoms with van der Waals surface area (Å²) in [5, 5.41) is 3.34. The number of methoxy groups -OCH3 is 2. The molecule has 8 heteroatoms. The van der Waals surface area contributed by atoms with Gasteiger partial charge in [0.05, 0.1) is 26.4 Å². The molecule has 0 saturated carbocycles. The number of hydrogen-bond donors (Lipinski definition) is 1. The molecule has 1 unspecified atom stereocenters. The Balaban J connectivity index is 1.67. The van der Waals surface area contributed by atoms with Gasteiger partial charge in [-0.25, -0.2) is 0 Å². The first-order valence-corrected chi connectivity index (χ1v) is 7.08. The van der Waals surface area contributed by atoms with Crippen LogP contribution in [0.3, 0.4) is 0 Å². The first kappa shape index (κ1) is 14.3. The summed E-state index contributed by atoms with van der Waals surface area (Å²) in [4.78, 5) is 12.1. The second kappa shape index (κ2) is 5.98. The van der Waals surface area contributed by atoms with Gasteiger partial charge in [0.15, 0.2) is 0 Å². The van der Waals surface area contributed by atoms with Crippen molar-refractivity contribution in [1.82, 2.24) is 20.3 Å². The Morgan fingerprint density at radius 3 is 2.29 bits per heavy atom. The van der Waals surface area contributed by atoms with E-state index in [1.807, 2.05) is 0 Å². The molecular weight excluding hydrogens is 276 g/mol. The summed E-state index contributed by atoms with van der Waals surface area (Å²) in [5.74, 6) is 0. The Hall–Kier alpha value is -1.67. The normalized spacial score (nSPS) is 24.0. The van der Waals surface area contributed by atoms with Crippen LogP contribution >= 0.6 is 0 Å². The monoisotopic (exact) mass is 296 g/mol. The van der Waals surface area contributed by atoms with E-state index in [-0.39, 0.29) is 29.7 Å². The van der Waals surface area contributed by atoms with Crippen LogP contribution in [0.2, 0.25) is 0 Å². The van der Waals surface area contributed by atoms with Crippen LogP contribution in [0.4, 0.5) is 0 Å². The van der Waals surface area contributed by atoms with Gasteiger partial charge in [0.1, 0.15) is 6.10 Å². The zero-order chi connectivity index (χ0) is 14.7. The first-order valence-electron chi connectivity index (χ1n) is 7.08. The van der Waals surface area contributed by atoms with Crippen molar-refractivity contribution in [3.05, 3.63) is 0 Å². The van der Waals surface area contributed by atoms with Crippen LogP contribution in [0.1, 0.15) is 19.3 Å². The summed E-state index contributed by atoms with van der Waals surface area (Å²) in [7, 11) is 2.97. The van der Waals surface area contributed by atoms with E-state index in [2.05, 4.69) is 20.3 Å². The van der Waals surface area contributed by atoms with E-state index in [0.29, 0.717) is 6.61 Å². The van der Waals surface area contributed by atoms with Crippen LogP contribution < -0.4 is 19.5 Å². The predicted molar refractivity (Wildman–Crippen MR) is 72.8 cm³/mol. The lowest BCUT2D eigenvalue weighted by atomic mass is 9.89. The largest absolute Gasteiger partial charge is 0.467 e. The molecule has 116 valence electrons. The zero-order valence-electron chi connectivity index (χ0n) is 12.3. The minimum absolute atomic E-state index is 0.0556. The molecule has 0 amide bonds. The lowest BCUT2D eigenvalue weighted by Gasteiger charge is -2.32. The number of piperidine rings is 1. The summed E-state index contributed by atoms with van der Waals surface area (Å²) in [6, 6.07) is 0.554. The Kier molecular flexibility index (Phi) is 4.07. The second-order valence-corrected chi connectivity index (χ2v) is 5.28. The number of hydrogen-bond acceptors (Lipinski definition) is 8. The van der Waals surface area contributed by atoms with Gasteiger partial charge >= 0.3 is 18.0 Å². The smallest absolute Gasteiger partial charge is 0.326 e. The standard InChI is InChI=1S/C13H20N4O4/c1-18-10-15-11(19-2)17-12(16-10)21-9-7-13(20-8-9)3-5-14-6-4-13/h9,14H,3-8H2,1-2H3. The third kappa shape index (κ3) is 3.16.